The van der Waals surface area contributed by atoms with Gasteiger partial charge in [0.1, 0.15) is 12.0 Å². The predicted octanol–water partition coefficient (Wildman–Crippen LogP) is 4.70. The summed E-state index contributed by atoms with van der Waals surface area (Å²) in [6, 6.07) is 15.9. The summed E-state index contributed by atoms with van der Waals surface area (Å²) in [7, 11) is 0. The molecule has 23 heavy (non-hydrogen) atoms. The molecule has 0 aliphatic carbocycles. The van der Waals surface area contributed by atoms with Crippen molar-refractivity contribution < 1.29 is 4.79 Å². The number of para-hydroxylation sites is 1. The highest BCUT2D eigenvalue weighted by Gasteiger charge is 2.11. The van der Waals surface area contributed by atoms with Crippen LogP contribution in [0, 0.1) is 0 Å². The molecule has 0 spiro atoms. The van der Waals surface area contributed by atoms with Crippen LogP contribution in [-0.4, -0.2) is 15.9 Å². The van der Waals surface area contributed by atoms with Crippen LogP contribution in [0.25, 0.3) is 11.3 Å². The second kappa shape index (κ2) is 6.77. The molecule has 114 valence electrons. The topological polar surface area (TPSA) is 54.9 Å². The van der Waals surface area contributed by atoms with Crippen LogP contribution >= 0.6 is 23.2 Å². The molecule has 0 bridgehead atoms. The molecule has 6 heteroatoms. The molecule has 3 aromatic rings. The van der Waals surface area contributed by atoms with E-state index in [2.05, 4.69) is 15.3 Å². The molecule has 0 fully saturated rings. The summed E-state index contributed by atoms with van der Waals surface area (Å²) in [6.45, 7) is 0. The largest absolute Gasteiger partial charge is 0.321 e. The molecule has 0 aliphatic rings. The number of aromatic nitrogens is 2. The van der Waals surface area contributed by atoms with E-state index >= 15 is 0 Å². The van der Waals surface area contributed by atoms with Gasteiger partial charge in [0, 0.05) is 21.3 Å². The first-order valence-corrected chi connectivity index (χ1v) is 7.52. The molecule has 0 radical (unpaired) electrons. The fourth-order valence-electron chi connectivity index (χ4n) is 2.06. The molecule has 0 aliphatic heterocycles. The molecule has 2 aromatic carbocycles. The van der Waals surface area contributed by atoms with E-state index in [0.29, 0.717) is 21.4 Å². The lowest BCUT2D eigenvalue weighted by Crippen LogP contribution is -2.13. The fraction of sp³-hybridized carbons (Fsp3) is 0. The number of anilines is 1. The van der Waals surface area contributed by atoms with Crippen LogP contribution < -0.4 is 5.32 Å². The average molecular weight is 344 g/mol. The monoisotopic (exact) mass is 343 g/mol. The number of rotatable bonds is 3. The Kier molecular flexibility index (Phi) is 4.55. The lowest BCUT2D eigenvalue weighted by Gasteiger charge is -2.06. The Balaban J connectivity index is 1.89. The van der Waals surface area contributed by atoms with Crippen molar-refractivity contribution in [2.24, 2.45) is 0 Å². The van der Waals surface area contributed by atoms with E-state index in [-0.39, 0.29) is 11.6 Å². The Hall–Kier alpha value is -2.43. The first-order chi connectivity index (χ1) is 11.1. The molecule has 0 unspecified atom stereocenters. The maximum Gasteiger partial charge on any atom is 0.274 e. The predicted molar refractivity (Wildman–Crippen MR) is 91.9 cm³/mol. The number of carbonyl (C=O) groups excluding carboxylic acids is 1. The molecule has 0 saturated carbocycles. The van der Waals surface area contributed by atoms with Crippen molar-refractivity contribution in [3.63, 3.8) is 0 Å². The zero-order valence-electron chi connectivity index (χ0n) is 11.8. The molecule has 0 atom stereocenters. The zero-order valence-corrected chi connectivity index (χ0v) is 13.3. The number of hydrogen-bond acceptors (Lipinski definition) is 3. The van der Waals surface area contributed by atoms with E-state index in [9.17, 15) is 4.79 Å². The lowest BCUT2D eigenvalue weighted by atomic mass is 10.1. The summed E-state index contributed by atoms with van der Waals surface area (Å²) in [5.41, 5.74) is 2.25. The van der Waals surface area contributed by atoms with E-state index in [0.717, 1.165) is 5.56 Å². The Morgan fingerprint density at radius 2 is 1.61 bits per heavy atom. The average Bonchev–Trinajstić information content (AvgIpc) is 2.55. The summed E-state index contributed by atoms with van der Waals surface area (Å²) in [5, 5.41) is 3.78. The van der Waals surface area contributed by atoms with Crippen molar-refractivity contribution in [3.05, 3.63) is 76.7 Å². The van der Waals surface area contributed by atoms with Crippen molar-refractivity contribution in [2.45, 2.75) is 0 Å². The minimum Gasteiger partial charge on any atom is -0.321 e. The number of carbonyl (C=O) groups is 1. The van der Waals surface area contributed by atoms with E-state index in [1.54, 1.807) is 36.4 Å². The van der Waals surface area contributed by atoms with Crippen LogP contribution in [-0.2, 0) is 0 Å². The van der Waals surface area contributed by atoms with E-state index in [1.165, 1.54) is 6.33 Å². The maximum absolute atomic E-state index is 12.3. The summed E-state index contributed by atoms with van der Waals surface area (Å²) < 4.78 is 0. The van der Waals surface area contributed by atoms with Crippen molar-refractivity contribution in [3.8, 4) is 11.3 Å². The minimum absolute atomic E-state index is 0.259. The third kappa shape index (κ3) is 3.86. The van der Waals surface area contributed by atoms with Gasteiger partial charge in [-0.15, -0.1) is 0 Å². The van der Waals surface area contributed by atoms with Gasteiger partial charge in [0.25, 0.3) is 5.91 Å². The van der Waals surface area contributed by atoms with Gasteiger partial charge < -0.3 is 5.32 Å². The number of hydrogen-bond donors (Lipinski definition) is 1. The van der Waals surface area contributed by atoms with Gasteiger partial charge in [0.2, 0.25) is 0 Å². The van der Waals surface area contributed by atoms with Crippen LogP contribution in [0.1, 0.15) is 10.5 Å². The molecule has 1 amide bonds. The Labute approximate surface area is 143 Å². The van der Waals surface area contributed by atoms with Crippen molar-refractivity contribution in [1.29, 1.82) is 0 Å². The molecule has 3 rings (SSSR count). The smallest absolute Gasteiger partial charge is 0.274 e. The molecule has 1 aromatic heterocycles. The molecular formula is C17H11Cl2N3O. The second-order valence-electron chi connectivity index (χ2n) is 4.77. The van der Waals surface area contributed by atoms with E-state index in [4.69, 9.17) is 23.2 Å². The highest BCUT2D eigenvalue weighted by Crippen LogP contribution is 2.26. The Morgan fingerprint density at radius 3 is 2.30 bits per heavy atom. The van der Waals surface area contributed by atoms with Crippen molar-refractivity contribution in [1.82, 2.24) is 9.97 Å². The summed E-state index contributed by atoms with van der Waals surface area (Å²) in [6.07, 6.45) is 1.34. The zero-order chi connectivity index (χ0) is 16.2. The van der Waals surface area contributed by atoms with Gasteiger partial charge in [-0.3, -0.25) is 4.79 Å². The Bertz CT molecular complexity index is 833. The molecule has 1 N–H and O–H groups in total. The standard InChI is InChI=1S/C17H11Cl2N3O/c18-12-6-11(7-13(19)8-12)15-9-16(21-10-20-15)17(23)22-14-4-2-1-3-5-14/h1-10H,(H,22,23). The highest BCUT2D eigenvalue weighted by molar-refractivity contribution is 6.35. The molecular weight excluding hydrogens is 333 g/mol. The van der Waals surface area contributed by atoms with Gasteiger partial charge >= 0.3 is 0 Å². The third-order valence-electron chi connectivity index (χ3n) is 3.09. The fourth-order valence-corrected chi connectivity index (χ4v) is 2.58. The van der Waals surface area contributed by atoms with E-state index < -0.39 is 0 Å². The first-order valence-electron chi connectivity index (χ1n) is 6.77. The molecule has 4 nitrogen and oxygen atoms in total. The number of nitrogens with zero attached hydrogens (tertiary/aromatic N) is 2. The maximum atomic E-state index is 12.3. The highest BCUT2D eigenvalue weighted by atomic mass is 35.5. The normalized spacial score (nSPS) is 10.3. The quantitative estimate of drug-likeness (QED) is 0.749. The first kappa shape index (κ1) is 15.5. The number of benzene rings is 2. The van der Waals surface area contributed by atoms with Crippen LogP contribution in [0.2, 0.25) is 10.0 Å². The van der Waals surface area contributed by atoms with Gasteiger partial charge in [-0.25, -0.2) is 9.97 Å². The van der Waals surface area contributed by atoms with Gasteiger partial charge in [-0.1, -0.05) is 41.4 Å². The van der Waals surface area contributed by atoms with Gasteiger partial charge in [-0.05, 0) is 36.4 Å². The number of amides is 1. The second-order valence-corrected chi connectivity index (χ2v) is 5.64. The third-order valence-corrected chi connectivity index (χ3v) is 3.53. The van der Waals surface area contributed by atoms with E-state index in [1.807, 2.05) is 18.2 Å². The lowest BCUT2D eigenvalue weighted by molar-refractivity contribution is 0.102. The van der Waals surface area contributed by atoms with Crippen LogP contribution in [0.3, 0.4) is 0 Å². The SMILES string of the molecule is O=C(Nc1ccccc1)c1cc(-c2cc(Cl)cc(Cl)c2)ncn1. The van der Waals surface area contributed by atoms with Gasteiger partial charge in [0.05, 0.1) is 5.69 Å². The number of nitrogens with one attached hydrogen (secondary N) is 1. The summed E-state index contributed by atoms with van der Waals surface area (Å²) in [5.74, 6) is -0.312. The molecule has 1 heterocycles. The van der Waals surface area contributed by atoms with Gasteiger partial charge in [-0.2, -0.15) is 0 Å². The Morgan fingerprint density at radius 1 is 0.913 bits per heavy atom. The number of halogens is 2. The van der Waals surface area contributed by atoms with Crippen molar-refractivity contribution >= 4 is 34.8 Å². The minimum atomic E-state index is -0.312. The van der Waals surface area contributed by atoms with Crippen LogP contribution in [0.15, 0.2) is 60.9 Å². The molecule has 0 saturated heterocycles. The summed E-state index contributed by atoms with van der Waals surface area (Å²) in [4.78, 5) is 20.5. The van der Waals surface area contributed by atoms with Crippen LogP contribution in [0.5, 0.6) is 0 Å². The summed E-state index contributed by atoms with van der Waals surface area (Å²) >= 11 is 12.0. The van der Waals surface area contributed by atoms with Crippen LogP contribution in [0.4, 0.5) is 5.69 Å². The van der Waals surface area contributed by atoms with Gasteiger partial charge in [0.15, 0.2) is 0 Å². The van der Waals surface area contributed by atoms with Crippen molar-refractivity contribution in [2.75, 3.05) is 5.32 Å².